The van der Waals surface area contributed by atoms with Gasteiger partial charge in [0.05, 0.1) is 0 Å². The SMILES string of the molecule is O=C(NCc1cccnc1)C1CC(Cn2ccc3ccccc32)NN1. The number of hydrogen-bond donors (Lipinski definition) is 3. The van der Waals surface area contributed by atoms with Gasteiger partial charge in [0, 0.05) is 43.2 Å². The summed E-state index contributed by atoms with van der Waals surface area (Å²) in [6, 6.07) is 14.3. The highest BCUT2D eigenvalue weighted by molar-refractivity contribution is 5.82. The molecule has 2 unspecified atom stereocenters. The maximum Gasteiger partial charge on any atom is 0.238 e. The third-order valence-electron chi connectivity index (χ3n) is 4.59. The Labute approximate surface area is 146 Å². The van der Waals surface area contributed by atoms with Crippen molar-refractivity contribution in [3.8, 4) is 0 Å². The number of fused-ring (bicyclic) bond motifs is 1. The number of benzene rings is 1. The van der Waals surface area contributed by atoms with E-state index in [9.17, 15) is 4.79 Å². The average molecular weight is 335 g/mol. The Bertz CT molecular complexity index is 860. The zero-order valence-corrected chi connectivity index (χ0v) is 13.9. The van der Waals surface area contributed by atoms with Gasteiger partial charge in [-0.15, -0.1) is 0 Å². The Morgan fingerprint density at radius 3 is 3.00 bits per heavy atom. The number of para-hydroxylation sites is 1. The second kappa shape index (κ2) is 7.04. The van der Waals surface area contributed by atoms with Crippen LogP contribution in [0.1, 0.15) is 12.0 Å². The number of rotatable bonds is 5. The van der Waals surface area contributed by atoms with Crippen LogP contribution >= 0.6 is 0 Å². The maximum atomic E-state index is 12.3. The lowest BCUT2D eigenvalue weighted by Gasteiger charge is -2.12. The molecule has 0 saturated carbocycles. The van der Waals surface area contributed by atoms with E-state index < -0.39 is 0 Å². The molecule has 3 heterocycles. The van der Waals surface area contributed by atoms with Crippen LogP contribution in [0.15, 0.2) is 61.1 Å². The van der Waals surface area contributed by atoms with E-state index in [-0.39, 0.29) is 18.0 Å². The molecule has 25 heavy (non-hydrogen) atoms. The summed E-state index contributed by atoms with van der Waals surface area (Å²) < 4.78 is 2.23. The number of pyridine rings is 1. The molecule has 0 radical (unpaired) electrons. The smallest absolute Gasteiger partial charge is 0.238 e. The van der Waals surface area contributed by atoms with Crippen LogP contribution in [0.3, 0.4) is 0 Å². The third-order valence-corrected chi connectivity index (χ3v) is 4.59. The molecule has 3 N–H and O–H groups in total. The van der Waals surface area contributed by atoms with E-state index >= 15 is 0 Å². The highest BCUT2D eigenvalue weighted by Gasteiger charge is 2.29. The quantitative estimate of drug-likeness (QED) is 0.662. The van der Waals surface area contributed by atoms with E-state index in [0.29, 0.717) is 6.54 Å². The minimum absolute atomic E-state index is 0.0104. The normalized spacial score (nSPS) is 20.0. The van der Waals surface area contributed by atoms with E-state index in [1.807, 2.05) is 24.3 Å². The minimum atomic E-state index is -0.219. The number of nitrogens with one attached hydrogen (secondary N) is 3. The van der Waals surface area contributed by atoms with Gasteiger partial charge in [-0.3, -0.25) is 15.2 Å². The van der Waals surface area contributed by atoms with E-state index in [1.54, 1.807) is 12.4 Å². The lowest BCUT2D eigenvalue weighted by Crippen LogP contribution is -2.43. The molecule has 0 spiro atoms. The summed E-state index contributed by atoms with van der Waals surface area (Å²) in [5, 5.41) is 4.20. The van der Waals surface area contributed by atoms with Crippen molar-refractivity contribution in [2.75, 3.05) is 0 Å². The van der Waals surface area contributed by atoms with Crippen molar-refractivity contribution in [3.63, 3.8) is 0 Å². The second-order valence-electron chi connectivity index (χ2n) is 6.38. The van der Waals surface area contributed by atoms with Gasteiger partial charge < -0.3 is 9.88 Å². The first-order valence-corrected chi connectivity index (χ1v) is 8.51. The fourth-order valence-corrected chi connectivity index (χ4v) is 3.27. The van der Waals surface area contributed by atoms with E-state index in [0.717, 1.165) is 18.5 Å². The zero-order chi connectivity index (χ0) is 17.1. The monoisotopic (exact) mass is 335 g/mol. The number of hydrogen-bond acceptors (Lipinski definition) is 4. The molecule has 4 rings (SSSR count). The predicted molar refractivity (Wildman–Crippen MR) is 96.5 cm³/mol. The Morgan fingerprint density at radius 2 is 2.12 bits per heavy atom. The van der Waals surface area contributed by atoms with Crippen LogP contribution in [0.25, 0.3) is 10.9 Å². The molecule has 2 atom stereocenters. The molecule has 1 aliphatic heterocycles. The summed E-state index contributed by atoms with van der Waals surface area (Å²) in [5.41, 5.74) is 8.57. The Kier molecular flexibility index (Phi) is 4.45. The van der Waals surface area contributed by atoms with E-state index in [4.69, 9.17) is 0 Å². The molecule has 1 aliphatic rings. The third kappa shape index (κ3) is 3.55. The predicted octanol–water partition coefficient (Wildman–Crippen LogP) is 1.59. The maximum absolute atomic E-state index is 12.3. The van der Waals surface area contributed by atoms with Gasteiger partial charge in [0.25, 0.3) is 0 Å². The summed E-state index contributed by atoms with van der Waals surface area (Å²) in [7, 11) is 0. The number of carbonyl (C=O) groups is 1. The highest BCUT2D eigenvalue weighted by atomic mass is 16.2. The molecule has 1 saturated heterocycles. The number of nitrogens with zero attached hydrogens (tertiary/aromatic N) is 2. The molecule has 1 aromatic carbocycles. The summed E-state index contributed by atoms with van der Waals surface area (Å²) in [6.07, 6.45) is 6.34. The van der Waals surface area contributed by atoms with Crippen LogP contribution in [-0.4, -0.2) is 27.5 Å². The van der Waals surface area contributed by atoms with Crippen LogP contribution in [-0.2, 0) is 17.9 Å². The van der Waals surface area contributed by atoms with Gasteiger partial charge in [0.1, 0.15) is 6.04 Å². The lowest BCUT2D eigenvalue weighted by molar-refractivity contribution is -0.123. The number of amides is 1. The number of carbonyl (C=O) groups excluding carboxylic acids is 1. The van der Waals surface area contributed by atoms with Crippen molar-refractivity contribution in [1.82, 2.24) is 25.7 Å². The summed E-state index contributed by atoms with van der Waals surface area (Å²) in [4.78, 5) is 16.4. The van der Waals surface area contributed by atoms with Crippen LogP contribution in [0.2, 0.25) is 0 Å². The summed E-state index contributed by atoms with van der Waals surface area (Å²) in [5.74, 6) is 0.0104. The van der Waals surface area contributed by atoms with Crippen molar-refractivity contribution in [3.05, 3.63) is 66.6 Å². The van der Waals surface area contributed by atoms with E-state index in [1.165, 1.54) is 10.9 Å². The van der Waals surface area contributed by atoms with Gasteiger partial charge in [-0.1, -0.05) is 24.3 Å². The van der Waals surface area contributed by atoms with Crippen molar-refractivity contribution in [2.24, 2.45) is 0 Å². The standard InChI is InChI=1S/C19H21N5O/c25-19(21-12-14-4-3-8-20-11-14)17-10-16(22-23-17)13-24-9-7-15-5-1-2-6-18(15)24/h1-9,11,16-17,22-23H,10,12-13H2,(H,21,25). The number of aromatic nitrogens is 2. The molecule has 3 aromatic rings. The molecule has 1 fully saturated rings. The molecule has 1 amide bonds. The Morgan fingerprint density at radius 1 is 1.20 bits per heavy atom. The molecular weight excluding hydrogens is 314 g/mol. The fourth-order valence-electron chi connectivity index (χ4n) is 3.27. The van der Waals surface area contributed by atoms with Crippen molar-refractivity contribution in [1.29, 1.82) is 0 Å². The molecule has 128 valence electrons. The van der Waals surface area contributed by atoms with Crippen molar-refractivity contribution < 1.29 is 4.79 Å². The molecule has 6 nitrogen and oxygen atoms in total. The van der Waals surface area contributed by atoms with Crippen LogP contribution in [0.5, 0.6) is 0 Å². The molecule has 0 aliphatic carbocycles. The highest BCUT2D eigenvalue weighted by Crippen LogP contribution is 2.17. The lowest BCUT2D eigenvalue weighted by atomic mass is 10.1. The van der Waals surface area contributed by atoms with Crippen LogP contribution < -0.4 is 16.2 Å². The van der Waals surface area contributed by atoms with Gasteiger partial charge in [0.15, 0.2) is 0 Å². The number of hydrazine groups is 1. The first kappa shape index (κ1) is 15.8. The fraction of sp³-hybridized carbons (Fsp3) is 0.263. The second-order valence-corrected chi connectivity index (χ2v) is 6.38. The Balaban J connectivity index is 1.32. The molecule has 2 aromatic heterocycles. The van der Waals surface area contributed by atoms with Crippen LogP contribution in [0, 0.1) is 0 Å². The van der Waals surface area contributed by atoms with Crippen molar-refractivity contribution in [2.45, 2.75) is 31.6 Å². The van der Waals surface area contributed by atoms with Gasteiger partial charge in [-0.25, -0.2) is 5.43 Å². The topological polar surface area (TPSA) is 71.0 Å². The van der Waals surface area contributed by atoms with Gasteiger partial charge >= 0.3 is 0 Å². The van der Waals surface area contributed by atoms with Gasteiger partial charge in [0.2, 0.25) is 5.91 Å². The van der Waals surface area contributed by atoms with Crippen molar-refractivity contribution >= 4 is 16.8 Å². The van der Waals surface area contributed by atoms with E-state index in [2.05, 4.69) is 50.1 Å². The summed E-state index contributed by atoms with van der Waals surface area (Å²) in [6.45, 7) is 1.32. The first-order chi connectivity index (χ1) is 12.3. The minimum Gasteiger partial charge on any atom is -0.351 e. The molecular formula is C19H21N5O. The Hall–Kier alpha value is -2.70. The van der Waals surface area contributed by atoms with Gasteiger partial charge in [-0.05, 0) is 35.6 Å². The molecule has 0 bridgehead atoms. The van der Waals surface area contributed by atoms with Gasteiger partial charge in [-0.2, -0.15) is 0 Å². The summed E-state index contributed by atoms with van der Waals surface area (Å²) >= 11 is 0. The first-order valence-electron chi connectivity index (χ1n) is 8.51. The average Bonchev–Trinajstić information content (AvgIpc) is 3.29. The largest absolute Gasteiger partial charge is 0.351 e. The molecule has 6 heteroatoms. The van der Waals surface area contributed by atoms with Crippen LogP contribution in [0.4, 0.5) is 0 Å². The zero-order valence-electron chi connectivity index (χ0n) is 13.9.